The van der Waals surface area contributed by atoms with Crippen LogP contribution in [0.3, 0.4) is 0 Å². The minimum absolute atomic E-state index is 0.0962. The Bertz CT molecular complexity index is 1440. The first kappa shape index (κ1) is 64.1. The fourth-order valence-electron chi connectivity index (χ4n) is 5.09. The maximum Gasteiger partial charge on any atom is 0.305 e. The lowest BCUT2D eigenvalue weighted by molar-refractivity contribution is -0.790. The molecule has 16 nitrogen and oxygen atoms in total. The first-order valence-electron chi connectivity index (χ1n) is 22.3. The Balaban J connectivity index is -0.000000434. The highest BCUT2D eigenvalue weighted by Gasteiger charge is 2.23. The van der Waals surface area contributed by atoms with E-state index in [1.165, 1.54) is 25.7 Å². The molecule has 0 saturated carbocycles. The molecule has 1 aromatic rings. The molecule has 1 aliphatic rings. The molecule has 3 N–H and O–H groups in total. The zero-order chi connectivity index (χ0) is 48.6. The number of nitrogens with zero attached hydrogens (tertiary/aromatic N) is 3. The summed E-state index contributed by atoms with van der Waals surface area (Å²) in [4.78, 5) is 55.2. The van der Waals surface area contributed by atoms with Gasteiger partial charge >= 0.3 is 5.97 Å². The third kappa shape index (κ3) is 32.2. The number of esters is 1. The maximum atomic E-state index is 12.9. The highest BCUT2D eigenvalue weighted by molar-refractivity contribution is 6.08. The highest BCUT2D eigenvalue weighted by Crippen LogP contribution is 2.29. The lowest BCUT2D eigenvalue weighted by Gasteiger charge is -2.36. The van der Waals surface area contributed by atoms with Crippen LogP contribution >= 0.6 is 0 Å². The van der Waals surface area contributed by atoms with Crippen molar-refractivity contribution < 1.29 is 44.0 Å². The van der Waals surface area contributed by atoms with Crippen molar-refractivity contribution in [1.29, 1.82) is 5.41 Å². The molecule has 0 bridgehead atoms. The van der Waals surface area contributed by atoms with Gasteiger partial charge in [0.15, 0.2) is 0 Å². The Morgan fingerprint density at radius 1 is 0.903 bits per heavy atom. The Labute approximate surface area is 373 Å². The van der Waals surface area contributed by atoms with Gasteiger partial charge in [0.2, 0.25) is 0 Å². The van der Waals surface area contributed by atoms with Crippen molar-refractivity contribution in [2.45, 2.75) is 167 Å². The second-order valence-corrected chi connectivity index (χ2v) is 14.3. The van der Waals surface area contributed by atoms with Crippen molar-refractivity contribution in [2.24, 2.45) is 5.92 Å². The third-order valence-electron chi connectivity index (χ3n) is 9.19. The van der Waals surface area contributed by atoms with E-state index in [9.17, 15) is 29.8 Å². The maximum absolute atomic E-state index is 12.9. The number of aliphatic hydroxyl groups excluding tert-OH is 1. The number of carbonyl (C=O) groups excluding carboxylic acids is 2. The lowest BCUT2D eigenvalue weighted by Crippen LogP contribution is -2.43. The topological polar surface area (TPSA) is 217 Å². The highest BCUT2D eigenvalue weighted by atomic mass is 17.0. The second kappa shape index (κ2) is 41.8. The Morgan fingerprint density at radius 2 is 1.47 bits per heavy atom. The number of allylic oxidation sites excluding steroid dienone is 2. The van der Waals surface area contributed by atoms with Crippen molar-refractivity contribution in [3.63, 3.8) is 0 Å². The number of ether oxygens (including phenoxy) is 2. The largest absolute Gasteiger partial charge is 0.493 e. The number of benzene rings is 1. The number of aliphatic hydroxyl groups is 1. The molecule has 0 radical (unpaired) electrons. The van der Waals surface area contributed by atoms with Crippen molar-refractivity contribution in [3.05, 3.63) is 66.3 Å². The molecule has 1 aromatic carbocycles. The van der Waals surface area contributed by atoms with Gasteiger partial charge in [-0.1, -0.05) is 99.1 Å². The summed E-state index contributed by atoms with van der Waals surface area (Å²) in [5.74, 6) is 0.730. The summed E-state index contributed by atoms with van der Waals surface area (Å²) in [5.41, 5.74) is 5.75. The average molecular weight is 884 g/mol. The fraction of sp³-hybridized carbons (Fsp3) is 0.717. The van der Waals surface area contributed by atoms with E-state index >= 15 is 0 Å². The molecule has 1 fully saturated rings. The van der Waals surface area contributed by atoms with Crippen molar-refractivity contribution >= 4 is 23.3 Å². The van der Waals surface area contributed by atoms with Crippen LogP contribution in [0.15, 0.2) is 34.9 Å². The van der Waals surface area contributed by atoms with Gasteiger partial charge in [-0.05, 0) is 103 Å². The smallest absolute Gasteiger partial charge is 0.305 e. The Hall–Kier alpha value is -4.57. The van der Waals surface area contributed by atoms with Gasteiger partial charge in [0.05, 0.1) is 18.9 Å². The lowest BCUT2D eigenvalue weighted by atomic mass is 9.96. The molecular weight excluding hydrogens is 799 g/mol. The Kier molecular flexibility index (Phi) is 43.2. The first-order chi connectivity index (χ1) is 29.5. The summed E-state index contributed by atoms with van der Waals surface area (Å²) in [5, 5.41) is 36.4. The molecule has 0 aromatic heterocycles. The summed E-state index contributed by atoms with van der Waals surface area (Å²) in [7, 11) is 3.04. The second-order valence-electron chi connectivity index (χ2n) is 14.3. The minimum atomic E-state index is -1.19. The van der Waals surface area contributed by atoms with E-state index in [4.69, 9.17) is 20.0 Å². The summed E-state index contributed by atoms with van der Waals surface area (Å²) in [6.07, 6.45) is 8.01. The molecule has 0 aliphatic carbocycles. The summed E-state index contributed by atoms with van der Waals surface area (Å²) in [6, 6.07) is 6.01. The monoisotopic (exact) mass is 884 g/mol. The van der Waals surface area contributed by atoms with Crippen molar-refractivity contribution in [1.82, 2.24) is 10.2 Å². The van der Waals surface area contributed by atoms with Gasteiger partial charge in [0.1, 0.15) is 18.5 Å². The molecule has 360 valence electrons. The van der Waals surface area contributed by atoms with Gasteiger partial charge < -0.3 is 39.9 Å². The quantitative estimate of drug-likeness (QED) is 0.0234. The normalized spacial score (nSPS) is 12.8. The number of hydrogen-bond donors (Lipinski definition) is 3. The molecular formula is C46H85N5O11. The third-order valence-corrected chi connectivity index (χ3v) is 9.19. The van der Waals surface area contributed by atoms with Crippen molar-refractivity contribution in [2.75, 3.05) is 47.1 Å². The van der Waals surface area contributed by atoms with E-state index in [-0.39, 0.29) is 18.7 Å². The Morgan fingerprint density at radius 3 is 1.92 bits per heavy atom. The van der Waals surface area contributed by atoms with Crippen LogP contribution in [0.5, 0.6) is 5.75 Å². The number of rotatable bonds is 23. The molecule has 16 heteroatoms. The van der Waals surface area contributed by atoms with Crippen LogP contribution in [-0.2, 0) is 24.0 Å². The van der Waals surface area contributed by atoms with Crippen LogP contribution in [0.4, 0.5) is 0 Å². The van der Waals surface area contributed by atoms with E-state index in [0.29, 0.717) is 36.8 Å². The van der Waals surface area contributed by atoms with Crippen LogP contribution in [0.25, 0.3) is 5.70 Å². The predicted molar refractivity (Wildman–Crippen MR) is 250 cm³/mol. The summed E-state index contributed by atoms with van der Waals surface area (Å²) in [6.45, 7) is 28.8. The molecule has 2 rings (SSSR count). The standard InChI is InChI=1S/C23H34N2O2.C12H21N3O8.2C4H10.C2H6.CH4O/c1-8-11-20(24)17(6)18(7)23(26)25-22(16(5)9-2)19-14-15(4)12-13-21(19)27-10-3;1-13-7-10(8-13)3-2-6-21-12(16)5-4-11(23-15(19)20)9-22-14(17)18;2*1-3-4-2;2*1-2/h12-14,24H,8-11H2,1-7H3,(H,25,26);10-11H,2-9H2,1H3;2*3-4H2,1-2H3;1-2H3;2H,1H3/b18-17+,22-16?,24-20?;;;;;. The average Bonchev–Trinajstić information content (AvgIpc) is 3.25. The van der Waals surface area contributed by atoms with Gasteiger partial charge in [0, 0.05) is 43.5 Å². The van der Waals surface area contributed by atoms with E-state index < -0.39 is 28.9 Å². The minimum Gasteiger partial charge on any atom is -0.493 e. The van der Waals surface area contributed by atoms with E-state index in [2.05, 4.69) is 54.5 Å². The molecule has 1 unspecified atom stereocenters. The van der Waals surface area contributed by atoms with Gasteiger partial charge in [-0.2, -0.15) is 0 Å². The molecule has 1 heterocycles. The van der Waals surface area contributed by atoms with Crippen LogP contribution in [0, 0.1) is 38.5 Å². The number of hydrogen-bond acceptors (Lipinski definition) is 13. The molecule has 1 atom stereocenters. The van der Waals surface area contributed by atoms with Gasteiger partial charge in [-0.25, -0.2) is 0 Å². The molecule has 0 spiro atoms. The molecule has 1 saturated heterocycles. The fourth-order valence-corrected chi connectivity index (χ4v) is 5.09. The van der Waals surface area contributed by atoms with Gasteiger partial charge in [-0.3, -0.25) is 9.59 Å². The number of likely N-dealkylation sites (tertiary alicyclic amines) is 1. The van der Waals surface area contributed by atoms with Gasteiger partial charge in [0.25, 0.3) is 16.1 Å². The molecule has 1 amide bonds. The number of aryl methyl sites for hydroxylation is 1. The van der Waals surface area contributed by atoms with Crippen LogP contribution < -0.4 is 10.1 Å². The van der Waals surface area contributed by atoms with Gasteiger partial charge in [-0.15, -0.1) is 20.2 Å². The number of carbonyl (C=O) groups is 2. The van der Waals surface area contributed by atoms with E-state index in [1.54, 1.807) is 6.92 Å². The summed E-state index contributed by atoms with van der Waals surface area (Å²) >= 11 is 0. The predicted octanol–water partition coefficient (Wildman–Crippen LogP) is 10.5. The zero-order valence-electron chi connectivity index (χ0n) is 41.1. The molecule has 62 heavy (non-hydrogen) atoms. The van der Waals surface area contributed by atoms with Crippen LogP contribution in [0.1, 0.15) is 165 Å². The molecule has 1 aliphatic heterocycles. The SMILES string of the molecule is CC.CCCC.CCCC.CCCC(=N)/C(C)=C(\C)C(=O)NC(=C(C)CC)c1cc(C)ccc1OCC.CN1CC(CCCOC(=O)CCC(CO[N+](=O)[O-])O[N+](=O)[O-])C1.CO. The van der Waals surface area contributed by atoms with Crippen LogP contribution in [-0.4, -0.2) is 90.9 Å². The number of nitrogens with one attached hydrogen (secondary N) is 2. The number of unbranched alkanes of at least 4 members (excludes halogenated alkanes) is 2. The summed E-state index contributed by atoms with van der Waals surface area (Å²) < 4.78 is 10.8. The first-order valence-corrected chi connectivity index (χ1v) is 22.3. The zero-order valence-corrected chi connectivity index (χ0v) is 41.1. The van der Waals surface area contributed by atoms with Crippen molar-refractivity contribution in [3.8, 4) is 5.75 Å². The van der Waals surface area contributed by atoms with Crippen LogP contribution in [0.2, 0.25) is 0 Å². The number of amides is 1. The van der Waals surface area contributed by atoms with E-state index in [0.717, 1.165) is 79.6 Å². The van der Waals surface area contributed by atoms with E-state index in [1.807, 2.05) is 73.7 Å².